The number of rotatable bonds is 5. The van der Waals surface area contributed by atoms with Crippen molar-refractivity contribution in [2.45, 2.75) is 52.1 Å². The summed E-state index contributed by atoms with van der Waals surface area (Å²) in [7, 11) is 0. The highest BCUT2D eigenvalue weighted by atomic mass is 19.1. The number of halogens is 1. The first-order valence-electron chi connectivity index (χ1n) is 6.30. The van der Waals surface area contributed by atoms with Crippen LogP contribution in [0.25, 0.3) is 0 Å². The summed E-state index contributed by atoms with van der Waals surface area (Å²) in [4.78, 5) is 11.6. The molecule has 0 fully saturated rings. The summed E-state index contributed by atoms with van der Waals surface area (Å²) in [6.07, 6.45) is 1.51. The van der Waals surface area contributed by atoms with Crippen LogP contribution < -0.4 is 5.32 Å². The third-order valence-electron chi connectivity index (χ3n) is 2.73. The Morgan fingerprint density at radius 1 is 1.28 bits per heavy atom. The van der Waals surface area contributed by atoms with Gasteiger partial charge >= 0.3 is 0 Å². The SMILES string of the molecule is CC(=O)[C@@H](CCc1ccc(F)cc1)NC(C)(C)C. The topological polar surface area (TPSA) is 29.1 Å². The van der Waals surface area contributed by atoms with Crippen molar-refractivity contribution in [1.82, 2.24) is 5.32 Å². The molecule has 1 aromatic rings. The van der Waals surface area contributed by atoms with E-state index in [-0.39, 0.29) is 23.2 Å². The van der Waals surface area contributed by atoms with E-state index in [0.717, 1.165) is 18.4 Å². The predicted octanol–water partition coefficient (Wildman–Crippen LogP) is 3.10. The number of carbonyl (C=O) groups excluding carboxylic acids is 1. The molecule has 0 aliphatic heterocycles. The van der Waals surface area contributed by atoms with Crippen molar-refractivity contribution in [1.29, 1.82) is 0 Å². The van der Waals surface area contributed by atoms with E-state index in [4.69, 9.17) is 0 Å². The van der Waals surface area contributed by atoms with Crippen LogP contribution in [0, 0.1) is 5.82 Å². The van der Waals surface area contributed by atoms with Gasteiger partial charge in [0, 0.05) is 5.54 Å². The summed E-state index contributed by atoms with van der Waals surface area (Å²) >= 11 is 0. The van der Waals surface area contributed by atoms with Crippen molar-refractivity contribution in [2.24, 2.45) is 0 Å². The highest BCUT2D eigenvalue weighted by Gasteiger charge is 2.20. The average molecular weight is 251 g/mol. The van der Waals surface area contributed by atoms with Gasteiger partial charge < -0.3 is 5.32 Å². The van der Waals surface area contributed by atoms with E-state index < -0.39 is 0 Å². The Morgan fingerprint density at radius 3 is 2.28 bits per heavy atom. The van der Waals surface area contributed by atoms with Crippen LogP contribution in [0.3, 0.4) is 0 Å². The highest BCUT2D eigenvalue weighted by molar-refractivity contribution is 5.81. The molecule has 0 unspecified atom stereocenters. The van der Waals surface area contributed by atoms with Gasteiger partial charge in [0.2, 0.25) is 0 Å². The van der Waals surface area contributed by atoms with Crippen molar-refractivity contribution in [2.75, 3.05) is 0 Å². The molecule has 0 saturated heterocycles. The number of ketones is 1. The molecular weight excluding hydrogens is 229 g/mol. The molecule has 0 amide bonds. The minimum atomic E-state index is -0.227. The largest absolute Gasteiger partial charge is 0.303 e. The number of aryl methyl sites for hydroxylation is 1. The quantitative estimate of drug-likeness (QED) is 0.871. The van der Waals surface area contributed by atoms with Crippen LogP contribution in [0.2, 0.25) is 0 Å². The maximum Gasteiger partial charge on any atom is 0.146 e. The minimum Gasteiger partial charge on any atom is -0.303 e. The fourth-order valence-corrected chi connectivity index (χ4v) is 1.86. The maximum atomic E-state index is 12.8. The summed E-state index contributed by atoms with van der Waals surface area (Å²) in [5.74, 6) is -0.0817. The van der Waals surface area contributed by atoms with Crippen molar-refractivity contribution >= 4 is 5.78 Å². The lowest BCUT2D eigenvalue weighted by Gasteiger charge is -2.27. The molecule has 0 bridgehead atoms. The number of benzene rings is 1. The lowest BCUT2D eigenvalue weighted by atomic mass is 9.99. The molecule has 1 N–H and O–H groups in total. The Balaban J connectivity index is 2.57. The number of carbonyl (C=O) groups is 1. The monoisotopic (exact) mass is 251 g/mol. The van der Waals surface area contributed by atoms with Gasteiger partial charge in [-0.25, -0.2) is 4.39 Å². The van der Waals surface area contributed by atoms with Crippen molar-refractivity contribution in [3.63, 3.8) is 0 Å². The first-order chi connectivity index (χ1) is 8.28. The van der Waals surface area contributed by atoms with Crippen LogP contribution >= 0.6 is 0 Å². The molecule has 0 aromatic heterocycles. The number of nitrogens with one attached hydrogen (secondary N) is 1. The van der Waals surface area contributed by atoms with E-state index in [1.807, 2.05) is 20.8 Å². The molecule has 0 radical (unpaired) electrons. The van der Waals surface area contributed by atoms with Crippen LogP contribution in [0.4, 0.5) is 4.39 Å². The predicted molar refractivity (Wildman–Crippen MR) is 72.1 cm³/mol. The molecule has 1 atom stereocenters. The molecular formula is C15H22FNO. The van der Waals surface area contributed by atoms with Gasteiger partial charge in [-0.3, -0.25) is 4.79 Å². The molecule has 0 saturated carbocycles. The summed E-state index contributed by atoms with van der Waals surface area (Å²) in [5.41, 5.74) is 0.970. The van der Waals surface area contributed by atoms with Crippen LogP contribution in [0.1, 0.15) is 39.7 Å². The Labute approximate surface area is 109 Å². The minimum absolute atomic E-state index is 0.0842. The fraction of sp³-hybridized carbons (Fsp3) is 0.533. The third kappa shape index (κ3) is 5.41. The molecule has 1 rings (SSSR count). The zero-order valence-corrected chi connectivity index (χ0v) is 11.6. The van der Waals surface area contributed by atoms with E-state index in [0.29, 0.717) is 0 Å². The molecule has 100 valence electrons. The first-order valence-corrected chi connectivity index (χ1v) is 6.30. The Hall–Kier alpha value is -1.22. The van der Waals surface area contributed by atoms with Gasteiger partial charge in [0.05, 0.1) is 6.04 Å². The van der Waals surface area contributed by atoms with Crippen molar-refractivity contribution in [3.8, 4) is 0 Å². The summed E-state index contributed by atoms with van der Waals surface area (Å²) in [6, 6.07) is 6.30. The highest BCUT2D eigenvalue weighted by Crippen LogP contribution is 2.10. The fourth-order valence-electron chi connectivity index (χ4n) is 1.86. The maximum absolute atomic E-state index is 12.8. The second kappa shape index (κ2) is 6.10. The van der Waals surface area contributed by atoms with Gasteiger partial charge in [0.25, 0.3) is 0 Å². The van der Waals surface area contributed by atoms with Crippen LogP contribution in [-0.4, -0.2) is 17.4 Å². The number of hydrogen-bond donors (Lipinski definition) is 1. The van der Waals surface area contributed by atoms with E-state index in [9.17, 15) is 9.18 Å². The molecule has 1 aromatic carbocycles. The van der Waals surface area contributed by atoms with Gasteiger partial charge in [0.1, 0.15) is 11.6 Å². The summed E-state index contributed by atoms with van der Waals surface area (Å²) < 4.78 is 12.8. The average Bonchev–Trinajstić information content (AvgIpc) is 2.24. The number of hydrogen-bond acceptors (Lipinski definition) is 2. The van der Waals surface area contributed by atoms with Gasteiger partial charge in [0.15, 0.2) is 0 Å². The second-order valence-electron chi connectivity index (χ2n) is 5.72. The zero-order valence-electron chi connectivity index (χ0n) is 11.6. The van der Waals surface area contributed by atoms with E-state index in [2.05, 4.69) is 5.32 Å². The lowest BCUT2D eigenvalue weighted by Crippen LogP contribution is -2.47. The first kappa shape index (κ1) is 14.8. The van der Waals surface area contributed by atoms with Crippen molar-refractivity contribution < 1.29 is 9.18 Å². The van der Waals surface area contributed by atoms with E-state index in [1.54, 1.807) is 19.1 Å². The van der Waals surface area contributed by atoms with Crippen LogP contribution in [0.5, 0.6) is 0 Å². The molecule has 18 heavy (non-hydrogen) atoms. The van der Waals surface area contributed by atoms with Gasteiger partial charge in [-0.15, -0.1) is 0 Å². The zero-order chi connectivity index (χ0) is 13.8. The summed E-state index contributed by atoms with van der Waals surface area (Å²) in [6.45, 7) is 7.73. The van der Waals surface area contributed by atoms with E-state index in [1.165, 1.54) is 12.1 Å². The van der Waals surface area contributed by atoms with Gasteiger partial charge in [-0.1, -0.05) is 12.1 Å². The normalized spacial score (nSPS) is 13.4. The van der Waals surface area contributed by atoms with Crippen LogP contribution in [0.15, 0.2) is 24.3 Å². The standard InChI is InChI=1S/C15H22FNO/c1-11(18)14(17-15(2,3)4)10-7-12-5-8-13(16)9-6-12/h5-6,8-9,14,17H,7,10H2,1-4H3/t14-/m1/s1. The Morgan fingerprint density at radius 2 is 1.83 bits per heavy atom. The Kier molecular flexibility index (Phi) is 5.03. The number of Topliss-reactive ketones (excluding diaryl/α,β-unsaturated/α-hetero) is 1. The molecule has 2 nitrogen and oxygen atoms in total. The Bertz CT molecular complexity index is 392. The molecule has 0 aliphatic carbocycles. The smallest absolute Gasteiger partial charge is 0.146 e. The molecule has 0 spiro atoms. The summed E-state index contributed by atoms with van der Waals surface area (Å²) in [5, 5.41) is 3.31. The van der Waals surface area contributed by atoms with Gasteiger partial charge in [-0.05, 0) is 58.2 Å². The molecule has 0 aliphatic rings. The van der Waals surface area contributed by atoms with Crippen molar-refractivity contribution in [3.05, 3.63) is 35.6 Å². The second-order valence-corrected chi connectivity index (χ2v) is 5.72. The third-order valence-corrected chi connectivity index (χ3v) is 2.73. The molecule has 3 heteroatoms. The van der Waals surface area contributed by atoms with E-state index >= 15 is 0 Å². The van der Waals surface area contributed by atoms with Crippen LogP contribution in [-0.2, 0) is 11.2 Å². The van der Waals surface area contributed by atoms with Gasteiger partial charge in [-0.2, -0.15) is 0 Å². The molecule has 0 heterocycles. The lowest BCUT2D eigenvalue weighted by molar-refractivity contribution is -0.119.